The van der Waals surface area contributed by atoms with Gasteiger partial charge in [-0.05, 0) is 44.0 Å². The van der Waals surface area contributed by atoms with Crippen LogP contribution in [0.5, 0.6) is 0 Å². The van der Waals surface area contributed by atoms with Gasteiger partial charge in [0.25, 0.3) is 20.2 Å². The molecule has 0 bridgehead atoms. The summed E-state index contributed by atoms with van der Waals surface area (Å²) in [6.07, 6.45) is 0. The molecular formula is C20H26O6S2. The molecule has 0 spiro atoms. The maximum absolute atomic E-state index is 12.3. The summed E-state index contributed by atoms with van der Waals surface area (Å²) in [6, 6.07) is 12.7. The number of aryl methyl sites for hydroxylation is 2. The van der Waals surface area contributed by atoms with Gasteiger partial charge in [0, 0.05) is 5.92 Å². The van der Waals surface area contributed by atoms with Crippen LogP contribution in [-0.4, -0.2) is 30.0 Å². The molecule has 28 heavy (non-hydrogen) atoms. The lowest BCUT2D eigenvalue weighted by Gasteiger charge is -2.20. The molecule has 2 aromatic rings. The Morgan fingerprint density at radius 2 is 1.00 bits per heavy atom. The fraction of sp³-hybridized carbons (Fsp3) is 0.400. The minimum Gasteiger partial charge on any atom is -0.266 e. The van der Waals surface area contributed by atoms with Crippen molar-refractivity contribution in [3.8, 4) is 0 Å². The lowest BCUT2D eigenvalue weighted by Crippen LogP contribution is -2.25. The van der Waals surface area contributed by atoms with E-state index in [9.17, 15) is 16.8 Å². The molecule has 0 aliphatic heterocycles. The van der Waals surface area contributed by atoms with Gasteiger partial charge in [-0.2, -0.15) is 16.8 Å². The molecule has 154 valence electrons. The van der Waals surface area contributed by atoms with Gasteiger partial charge in [0.2, 0.25) is 0 Å². The van der Waals surface area contributed by atoms with Crippen LogP contribution in [0.4, 0.5) is 0 Å². The lowest BCUT2D eigenvalue weighted by atomic mass is 9.98. The van der Waals surface area contributed by atoms with E-state index in [1.54, 1.807) is 24.3 Å². The van der Waals surface area contributed by atoms with E-state index in [4.69, 9.17) is 8.37 Å². The molecule has 0 heterocycles. The molecule has 0 aromatic heterocycles. The van der Waals surface area contributed by atoms with Gasteiger partial charge < -0.3 is 0 Å². The molecule has 0 amide bonds. The summed E-state index contributed by atoms with van der Waals surface area (Å²) >= 11 is 0. The lowest BCUT2D eigenvalue weighted by molar-refractivity contribution is 0.149. The molecule has 0 radical (unpaired) electrons. The Morgan fingerprint density at radius 3 is 1.29 bits per heavy atom. The van der Waals surface area contributed by atoms with Crippen LogP contribution >= 0.6 is 0 Å². The van der Waals surface area contributed by atoms with E-state index in [1.165, 1.54) is 24.3 Å². The number of benzene rings is 2. The van der Waals surface area contributed by atoms with Gasteiger partial charge >= 0.3 is 0 Å². The van der Waals surface area contributed by atoms with E-state index in [2.05, 4.69) is 0 Å². The standard InChI is InChI=1S/C20H26O6S2/c1-15(2)18(13-25-27(21,22)19-9-5-16(3)6-10-19)14-26-28(23,24)20-11-7-17(4)8-12-20/h5-12,15,18H,13-14H2,1-4H3. The van der Waals surface area contributed by atoms with E-state index >= 15 is 0 Å². The molecule has 0 unspecified atom stereocenters. The van der Waals surface area contributed by atoms with Gasteiger partial charge in [-0.3, -0.25) is 8.37 Å². The Balaban J connectivity index is 2.03. The Hall–Kier alpha value is -1.74. The summed E-state index contributed by atoms with van der Waals surface area (Å²) in [7, 11) is -7.84. The minimum absolute atomic E-state index is 0.0403. The van der Waals surface area contributed by atoms with E-state index in [0.717, 1.165) is 11.1 Å². The summed E-state index contributed by atoms with van der Waals surface area (Å²) in [5.74, 6) is -0.457. The smallest absolute Gasteiger partial charge is 0.266 e. The highest BCUT2D eigenvalue weighted by Crippen LogP contribution is 2.20. The second-order valence-electron chi connectivity index (χ2n) is 7.11. The molecule has 0 saturated carbocycles. The molecule has 0 fully saturated rings. The summed E-state index contributed by atoms with van der Waals surface area (Å²) in [6.45, 7) is 7.09. The second-order valence-corrected chi connectivity index (χ2v) is 10.3. The van der Waals surface area contributed by atoms with Crippen LogP contribution in [0.25, 0.3) is 0 Å². The molecular weight excluding hydrogens is 400 g/mol. The normalized spacial score (nSPS) is 12.6. The van der Waals surface area contributed by atoms with E-state index in [0.29, 0.717) is 0 Å². The second kappa shape index (κ2) is 9.17. The maximum Gasteiger partial charge on any atom is 0.296 e. The first-order chi connectivity index (χ1) is 13.0. The van der Waals surface area contributed by atoms with Crippen molar-refractivity contribution in [2.75, 3.05) is 13.2 Å². The van der Waals surface area contributed by atoms with Crippen molar-refractivity contribution in [1.29, 1.82) is 0 Å². The molecule has 0 aliphatic carbocycles. The predicted molar refractivity (Wildman–Crippen MR) is 107 cm³/mol. The minimum atomic E-state index is -3.92. The first-order valence-electron chi connectivity index (χ1n) is 8.93. The van der Waals surface area contributed by atoms with Gasteiger partial charge in [0.05, 0.1) is 23.0 Å². The van der Waals surface area contributed by atoms with Crippen LogP contribution < -0.4 is 0 Å². The van der Waals surface area contributed by atoms with Gasteiger partial charge in [-0.25, -0.2) is 0 Å². The van der Waals surface area contributed by atoms with Crippen LogP contribution in [0.1, 0.15) is 25.0 Å². The monoisotopic (exact) mass is 426 g/mol. The van der Waals surface area contributed by atoms with Gasteiger partial charge in [0.15, 0.2) is 0 Å². The Labute approximate surface area is 167 Å². The average Bonchev–Trinajstić information content (AvgIpc) is 2.62. The third-order valence-electron chi connectivity index (χ3n) is 4.44. The zero-order valence-electron chi connectivity index (χ0n) is 16.5. The number of hydrogen-bond donors (Lipinski definition) is 0. The topological polar surface area (TPSA) is 86.7 Å². The summed E-state index contributed by atoms with van der Waals surface area (Å²) in [5, 5.41) is 0. The molecule has 8 heteroatoms. The van der Waals surface area contributed by atoms with Crippen molar-refractivity contribution in [3.05, 3.63) is 59.7 Å². The third-order valence-corrected chi connectivity index (χ3v) is 7.03. The Morgan fingerprint density at radius 1 is 0.679 bits per heavy atom. The molecule has 0 N–H and O–H groups in total. The zero-order valence-corrected chi connectivity index (χ0v) is 18.1. The Kier molecular flexibility index (Phi) is 7.39. The SMILES string of the molecule is Cc1ccc(S(=O)(=O)OCC(COS(=O)(=O)c2ccc(C)cc2)C(C)C)cc1. The van der Waals surface area contributed by atoms with E-state index in [-0.39, 0.29) is 28.9 Å². The van der Waals surface area contributed by atoms with Crippen molar-refractivity contribution in [2.45, 2.75) is 37.5 Å². The molecule has 2 aromatic carbocycles. The van der Waals surface area contributed by atoms with E-state index in [1.807, 2.05) is 27.7 Å². The highest BCUT2D eigenvalue weighted by Gasteiger charge is 2.24. The number of rotatable bonds is 9. The summed E-state index contributed by atoms with van der Waals surface area (Å²) in [4.78, 5) is 0.127. The third kappa shape index (κ3) is 6.13. The summed E-state index contributed by atoms with van der Waals surface area (Å²) in [5.41, 5.74) is 1.88. The van der Waals surface area contributed by atoms with Gasteiger partial charge in [-0.1, -0.05) is 49.2 Å². The van der Waals surface area contributed by atoms with Crippen molar-refractivity contribution in [2.24, 2.45) is 11.8 Å². The largest absolute Gasteiger partial charge is 0.296 e. The van der Waals surface area contributed by atoms with Crippen molar-refractivity contribution >= 4 is 20.2 Å². The van der Waals surface area contributed by atoms with Crippen molar-refractivity contribution < 1.29 is 25.2 Å². The molecule has 0 saturated heterocycles. The predicted octanol–water partition coefficient (Wildman–Crippen LogP) is 3.69. The quantitative estimate of drug-likeness (QED) is 0.569. The Bertz CT molecular complexity index is 896. The highest BCUT2D eigenvalue weighted by atomic mass is 32.2. The van der Waals surface area contributed by atoms with E-state index < -0.39 is 26.2 Å². The van der Waals surface area contributed by atoms with Crippen LogP contribution in [0.2, 0.25) is 0 Å². The van der Waals surface area contributed by atoms with Crippen LogP contribution in [-0.2, 0) is 28.6 Å². The van der Waals surface area contributed by atoms with Crippen molar-refractivity contribution in [1.82, 2.24) is 0 Å². The van der Waals surface area contributed by atoms with Crippen LogP contribution in [0.15, 0.2) is 58.3 Å². The average molecular weight is 427 g/mol. The maximum atomic E-state index is 12.3. The fourth-order valence-electron chi connectivity index (χ4n) is 2.33. The first kappa shape index (κ1) is 22.5. The molecule has 6 nitrogen and oxygen atoms in total. The highest BCUT2D eigenvalue weighted by molar-refractivity contribution is 7.87. The zero-order chi connectivity index (χ0) is 20.9. The fourth-order valence-corrected chi connectivity index (χ4v) is 4.25. The number of hydrogen-bond acceptors (Lipinski definition) is 6. The molecule has 0 aliphatic rings. The molecule has 2 rings (SSSR count). The van der Waals surface area contributed by atoms with Crippen LogP contribution in [0.3, 0.4) is 0 Å². The first-order valence-corrected chi connectivity index (χ1v) is 11.7. The van der Waals surface area contributed by atoms with Crippen molar-refractivity contribution in [3.63, 3.8) is 0 Å². The molecule has 0 atom stereocenters. The van der Waals surface area contributed by atoms with Gasteiger partial charge in [0.1, 0.15) is 0 Å². The summed E-state index contributed by atoms with van der Waals surface area (Å²) < 4.78 is 59.7. The van der Waals surface area contributed by atoms with Crippen LogP contribution in [0, 0.1) is 25.7 Å². The van der Waals surface area contributed by atoms with Gasteiger partial charge in [-0.15, -0.1) is 0 Å².